The van der Waals surface area contributed by atoms with Crippen molar-refractivity contribution in [3.8, 4) is 11.8 Å². The summed E-state index contributed by atoms with van der Waals surface area (Å²) in [5.74, 6) is 6.20. The van der Waals surface area contributed by atoms with Crippen LogP contribution in [0.2, 0.25) is 5.15 Å². The summed E-state index contributed by atoms with van der Waals surface area (Å²) in [5, 5.41) is 16.8. The summed E-state index contributed by atoms with van der Waals surface area (Å²) in [6.45, 7) is 0.933. The van der Waals surface area contributed by atoms with E-state index in [2.05, 4.69) is 33.6 Å². The second kappa shape index (κ2) is 7.80. The molecule has 0 aliphatic rings. The molecule has 0 amide bonds. The molecule has 3 heterocycles. The van der Waals surface area contributed by atoms with Gasteiger partial charge in [-0.05, 0) is 17.9 Å². The van der Waals surface area contributed by atoms with Crippen LogP contribution in [-0.2, 0) is 6.54 Å². The minimum Gasteiger partial charge on any atom is -0.396 e. The van der Waals surface area contributed by atoms with Crippen LogP contribution in [0.1, 0.15) is 23.3 Å². The number of pyridine rings is 1. The van der Waals surface area contributed by atoms with Gasteiger partial charge in [0.2, 0.25) is 0 Å². The van der Waals surface area contributed by atoms with Gasteiger partial charge in [0.15, 0.2) is 0 Å². The first-order valence-electron chi connectivity index (χ1n) is 7.21. The van der Waals surface area contributed by atoms with Crippen LogP contribution >= 0.6 is 34.3 Å². The van der Waals surface area contributed by atoms with Gasteiger partial charge in [-0.1, -0.05) is 29.5 Å². The fourth-order valence-corrected chi connectivity index (χ4v) is 3.89. The van der Waals surface area contributed by atoms with Crippen molar-refractivity contribution < 1.29 is 5.11 Å². The average molecular weight is 363 g/mol. The molecule has 2 N–H and O–H groups in total. The molecule has 0 saturated heterocycles. The lowest BCUT2D eigenvalue weighted by Crippen LogP contribution is -1.98. The van der Waals surface area contributed by atoms with Gasteiger partial charge in [-0.15, -0.1) is 22.7 Å². The molecule has 0 bridgehead atoms. The fraction of sp³-hybridized carbons (Fsp3) is 0.235. The highest BCUT2D eigenvalue weighted by atomic mass is 35.5. The second-order valence-corrected chi connectivity index (χ2v) is 7.18. The Balaban J connectivity index is 1.86. The zero-order valence-corrected chi connectivity index (χ0v) is 14.7. The maximum Gasteiger partial charge on any atom is 0.131 e. The van der Waals surface area contributed by atoms with Gasteiger partial charge in [0, 0.05) is 35.9 Å². The number of hydrogen-bond donors (Lipinski definition) is 2. The Labute approximate surface area is 148 Å². The Hall–Kier alpha value is -1.58. The van der Waals surface area contributed by atoms with Crippen molar-refractivity contribution in [2.24, 2.45) is 0 Å². The zero-order chi connectivity index (χ0) is 16.1. The lowest BCUT2D eigenvalue weighted by molar-refractivity contribution is 0.290. The van der Waals surface area contributed by atoms with Crippen molar-refractivity contribution in [1.29, 1.82) is 0 Å². The van der Waals surface area contributed by atoms with E-state index in [9.17, 15) is 0 Å². The summed E-state index contributed by atoms with van der Waals surface area (Å²) in [7, 11) is 0. The first kappa shape index (κ1) is 16.3. The number of aliphatic hydroxyl groups excluding tert-OH is 1. The Kier molecular flexibility index (Phi) is 5.52. The third-order valence-corrected chi connectivity index (χ3v) is 5.28. The smallest absolute Gasteiger partial charge is 0.131 e. The molecule has 0 aliphatic heterocycles. The molecule has 0 atom stereocenters. The molecule has 0 saturated carbocycles. The number of aromatic nitrogens is 1. The van der Waals surface area contributed by atoms with Crippen molar-refractivity contribution in [3.63, 3.8) is 0 Å². The predicted molar refractivity (Wildman–Crippen MR) is 99.5 cm³/mol. The van der Waals surface area contributed by atoms with E-state index in [4.69, 9.17) is 16.7 Å². The molecule has 0 unspecified atom stereocenters. The van der Waals surface area contributed by atoms with Crippen molar-refractivity contribution in [1.82, 2.24) is 4.98 Å². The van der Waals surface area contributed by atoms with Crippen LogP contribution in [0, 0.1) is 11.8 Å². The molecule has 0 aromatic carbocycles. The number of rotatable bonds is 5. The molecule has 3 nitrogen and oxygen atoms in total. The first-order chi connectivity index (χ1) is 11.3. The van der Waals surface area contributed by atoms with E-state index in [-0.39, 0.29) is 6.61 Å². The van der Waals surface area contributed by atoms with Crippen molar-refractivity contribution in [3.05, 3.63) is 44.6 Å². The highest BCUT2D eigenvalue weighted by Crippen LogP contribution is 2.33. The molecule has 3 aromatic rings. The molecular weight excluding hydrogens is 348 g/mol. The molecule has 0 fully saturated rings. The molecule has 3 rings (SSSR count). The molecule has 0 spiro atoms. The van der Waals surface area contributed by atoms with Gasteiger partial charge in [-0.3, -0.25) is 0 Å². The third kappa shape index (κ3) is 4.04. The van der Waals surface area contributed by atoms with Crippen molar-refractivity contribution in [2.45, 2.75) is 19.4 Å². The van der Waals surface area contributed by atoms with Crippen molar-refractivity contribution >= 4 is 50.2 Å². The highest BCUT2D eigenvalue weighted by molar-refractivity contribution is 7.18. The summed E-state index contributed by atoms with van der Waals surface area (Å²) < 4.78 is 1.07. The molecule has 118 valence electrons. The lowest BCUT2D eigenvalue weighted by Gasteiger charge is -2.06. The highest BCUT2D eigenvalue weighted by Gasteiger charge is 2.10. The topological polar surface area (TPSA) is 45.1 Å². The minimum absolute atomic E-state index is 0.167. The lowest BCUT2D eigenvalue weighted by atomic mass is 10.2. The number of nitrogens with zero attached hydrogens (tertiary/aromatic N) is 1. The van der Waals surface area contributed by atoms with Crippen LogP contribution in [0.5, 0.6) is 0 Å². The molecule has 3 aromatic heterocycles. The number of unbranched alkanes of at least 4 members (excludes halogenated alkanes) is 1. The van der Waals surface area contributed by atoms with E-state index < -0.39 is 0 Å². The third-order valence-electron chi connectivity index (χ3n) is 3.21. The fourth-order valence-electron chi connectivity index (χ4n) is 2.12. The van der Waals surface area contributed by atoms with Crippen LogP contribution in [0.15, 0.2) is 29.0 Å². The number of fused-ring (bicyclic) bond motifs is 1. The van der Waals surface area contributed by atoms with E-state index in [0.717, 1.165) is 28.0 Å². The van der Waals surface area contributed by atoms with E-state index in [0.29, 0.717) is 18.0 Å². The number of halogens is 1. The minimum atomic E-state index is 0.167. The SMILES string of the molecule is OCCCC#Cc1csc2c(NCc3cccs3)cc(Cl)nc12. The van der Waals surface area contributed by atoms with Crippen LogP contribution in [-0.4, -0.2) is 16.7 Å². The monoisotopic (exact) mass is 362 g/mol. The normalized spacial score (nSPS) is 10.5. The van der Waals surface area contributed by atoms with Gasteiger partial charge >= 0.3 is 0 Å². The number of thiophene rings is 2. The molecule has 6 heteroatoms. The average Bonchev–Trinajstić information content (AvgIpc) is 3.19. The van der Waals surface area contributed by atoms with Gasteiger partial charge in [-0.2, -0.15) is 0 Å². The largest absolute Gasteiger partial charge is 0.396 e. The van der Waals surface area contributed by atoms with Gasteiger partial charge in [-0.25, -0.2) is 4.98 Å². The Morgan fingerprint density at radius 1 is 1.35 bits per heavy atom. The molecular formula is C17H15ClN2OS2. The molecule has 0 radical (unpaired) electrons. The Morgan fingerprint density at radius 3 is 3.04 bits per heavy atom. The van der Waals surface area contributed by atoms with E-state index >= 15 is 0 Å². The quantitative estimate of drug-likeness (QED) is 0.391. The van der Waals surface area contributed by atoms with Gasteiger partial charge < -0.3 is 10.4 Å². The van der Waals surface area contributed by atoms with Crippen LogP contribution < -0.4 is 5.32 Å². The standard InChI is InChI=1S/C17H15ClN2OS2/c18-15-9-14(19-10-13-6-4-8-22-13)17-16(20-15)12(11-23-17)5-2-1-3-7-21/h4,6,8-9,11,21H,1,3,7,10H2,(H,19,20). The van der Waals surface area contributed by atoms with E-state index in [1.165, 1.54) is 4.88 Å². The van der Waals surface area contributed by atoms with Crippen LogP contribution in [0.25, 0.3) is 10.2 Å². The first-order valence-corrected chi connectivity index (χ1v) is 9.35. The summed E-state index contributed by atoms with van der Waals surface area (Å²) in [6.07, 6.45) is 1.37. The maximum absolute atomic E-state index is 8.80. The Bertz CT molecular complexity index is 847. The van der Waals surface area contributed by atoms with E-state index in [1.807, 2.05) is 17.5 Å². The van der Waals surface area contributed by atoms with Crippen LogP contribution in [0.4, 0.5) is 5.69 Å². The predicted octanol–water partition coefficient (Wildman–Crippen LogP) is 4.75. The summed E-state index contributed by atoms with van der Waals surface area (Å²) in [5.41, 5.74) is 2.72. The van der Waals surface area contributed by atoms with Gasteiger partial charge in [0.05, 0.1) is 16.0 Å². The number of aliphatic hydroxyl groups is 1. The molecule has 0 aliphatic carbocycles. The maximum atomic E-state index is 8.80. The second-order valence-electron chi connectivity index (χ2n) is 4.88. The zero-order valence-electron chi connectivity index (χ0n) is 12.3. The summed E-state index contributed by atoms with van der Waals surface area (Å²) in [4.78, 5) is 5.70. The summed E-state index contributed by atoms with van der Waals surface area (Å²) >= 11 is 9.51. The van der Waals surface area contributed by atoms with Gasteiger partial charge in [0.1, 0.15) is 10.7 Å². The van der Waals surface area contributed by atoms with E-state index in [1.54, 1.807) is 22.7 Å². The molecule has 23 heavy (non-hydrogen) atoms. The Morgan fingerprint density at radius 2 is 2.26 bits per heavy atom. The van der Waals surface area contributed by atoms with Crippen molar-refractivity contribution in [2.75, 3.05) is 11.9 Å². The number of hydrogen-bond acceptors (Lipinski definition) is 5. The summed E-state index contributed by atoms with van der Waals surface area (Å²) in [6, 6.07) is 6.00. The van der Waals surface area contributed by atoms with Crippen LogP contribution in [0.3, 0.4) is 0 Å². The number of nitrogens with one attached hydrogen (secondary N) is 1. The number of anilines is 1. The van der Waals surface area contributed by atoms with Gasteiger partial charge in [0.25, 0.3) is 0 Å².